The zero-order valence-electron chi connectivity index (χ0n) is 11.5. The normalized spacial score (nSPS) is 12.8. The first kappa shape index (κ1) is 13.2. The van der Waals surface area contributed by atoms with Gasteiger partial charge in [-0.1, -0.05) is 48.0 Å². The fraction of sp³-hybridized carbons (Fsp3) is 0.176. The van der Waals surface area contributed by atoms with E-state index in [1.54, 1.807) is 0 Å². The number of furan rings is 1. The van der Waals surface area contributed by atoms with Gasteiger partial charge in [-0.2, -0.15) is 0 Å². The number of benzene rings is 2. The molecule has 0 aliphatic rings. The molecule has 20 heavy (non-hydrogen) atoms. The molecule has 0 amide bonds. The standard InChI is InChI=1S/C17H16ClNO/c1-11-6-5-8-13(16(11)18)17(19-2)15-10-12-7-3-4-9-14(12)20-15/h3-10,17,19H,1-2H3. The molecular formula is C17H16ClNO. The summed E-state index contributed by atoms with van der Waals surface area (Å²) in [6.45, 7) is 2.01. The van der Waals surface area contributed by atoms with Crippen LogP contribution in [0.4, 0.5) is 0 Å². The predicted octanol–water partition coefficient (Wildman–Crippen LogP) is 4.70. The van der Waals surface area contributed by atoms with Crippen LogP contribution in [0.1, 0.15) is 22.9 Å². The van der Waals surface area contributed by atoms with Crippen molar-refractivity contribution in [2.24, 2.45) is 0 Å². The van der Waals surface area contributed by atoms with Crippen LogP contribution in [-0.2, 0) is 0 Å². The van der Waals surface area contributed by atoms with Crippen molar-refractivity contribution < 1.29 is 4.42 Å². The minimum absolute atomic E-state index is 0.0465. The number of halogens is 1. The van der Waals surface area contributed by atoms with Crippen molar-refractivity contribution in [1.29, 1.82) is 0 Å². The minimum atomic E-state index is -0.0465. The van der Waals surface area contributed by atoms with E-state index in [4.69, 9.17) is 16.0 Å². The third kappa shape index (κ3) is 2.21. The van der Waals surface area contributed by atoms with E-state index in [-0.39, 0.29) is 6.04 Å². The average molecular weight is 286 g/mol. The van der Waals surface area contributed by atoms with Crippen LogP contribution in [0.3, 0.4) is 0 Å². The lowest BCUT2D eigenvalue weighted by Crippen LogP contribution is -2.17. The lowest BCUT2D eigenvalue weighted by molar-refractivity contribution is 0.491. The Kier molecular flexibility index (Phi) is 3.51. The van der Waals surface area contributed by atoms with Gasteiger partial charge in [0.1, 0.15) is 11.3 Å². The van der Waals surface area contributed by atoms with Crippen LogP contribution in [0.2, 0.25) is 5.02 Å². The number of rotatable bonds is 3. The van der Waals surface area contributed by atoms with Crippen LogP contribution in [0, 0.1) is 6.92 Å². The van der Waals surface area contributed by atoms with Gasteiger partial charge in [-0.3, -0.25) is 0 Å². The summed E-state index contributed by atoms with van der Waals surface area (Å²) in [5, 5.41) is 5.17. The number of nitrogens with one attached hydrogen (secondary N) is 1. The first-order chi connectivity index (χ1) is 9.70. The molecule has 0 fully saturated rings. The zero-order valence-corrected chi connectivity index (χ0v) is 12.2. The quantitative estimate of drug-likeness (QED) is 0.754. The summed E-state index contributed by atoms with van der Waals surface area (Å²) in [6, 6.07) is 16.1. The Bertz CT molecular complexity index is 715. The molecule has 0 aliphatic heterocycles. The lowest BCUT2D eigenvalue weighted by atomic mass is 10.0. The summed E-state index contributed by atoms with van der Waals surface area (Å²) in [5.74, 6) is 0.876. The van der Waals surface area contributed by atoms with Crippen LogP contribution >= 0.6 is 11.6 Å². The number of para-hydroxylation sites is 1. The van der Waals surface area contributed by atoms with Gasteiger partial charge in [-0.25, -0.2) is 0 Å². The molecule has 102 valence electrons. The van der Waals surface area contributed by atoms with Crippen molar-refractivity contribution in [3.63, 3.8) is 0 Å². The van der Waals surface area contributed by atoms with Gasteiger partial charge in [0, 0.05) is 10.4 Å². The molecule has 0 bridgehead atoms. The van der Waals surface area contributed by atoms with Crippen molar-refractivity contribution in [2.45, 2.75) is 13.0 Å². The molecule has 0 spiro atoms. The highest BCUT2D eigenvalue weighted by atomic mass is 35.5. The molecule has 2 aromatic carbocycles. The minimum Gasteiger partial charge on any atom is -0.459 e. The average Bonchev–Trinajstić information content (AvgIpc) is 2.87. The van der Waals surface area contributed by atoms with E-state index >= 15 is 0 Å². The van der Waals surface area contributed by atoms with Crippen LogP contribution in [-0.4, -0.2) is 7.05 Å². The maximum atomic E-state index is 6.43. The van der Waals surface area contributed by atoms with Gasteiger partial charge in [-0.05, 0) is 37.2 Å². The van der Waals surface area contributed by atoms with Crippen molar-refractivity contribution >= 4 is 22.6 Å². The third-order valence-electron chi connectivity index (χ3n) is 3.55. The molecule has 1 N–H and O–H groups in total. The van der Waals surface area contributed by atoms with E-state index in [2.05, 4.69) is 11.4 Å². The summed E-state index contributed by atoms with van der Waals surface area (Å²) in [6.07, 6.45) is 0. The van der Waals surface area contributed by atoms with E-state index in [1.165, 1.54) is 0 Å². The van der Waals surface area contributed by atoms with Crippen molar-refractivity contribution in [1.82, 2.24) is 5.32 Å². The van der Waals surface area contributed by atoms with E-state index in [9.17, 15) is 0 Å². The van der Waals surface area contributed by atoms with Gasteiger partial charge in [0.25, 0.3) is 0 Å². The zero-order chi connectivity index (χ0) is 14.1. The van der Waals surface area contributed by atoms with Gasteiger partial charge in [0.05, 0.1) is 6.04 Å². The molecule has 3 heteroatoms. The van der Waals surface area contributed by atoms with E-state index in [0.29, 0.717) is 0 Å². The Morgan fingerprint density at radius 2 is 1.90 bits per heavy atom. The van der Waals surface area contributed by atoms with E-state index in [1.807, 2.05) is 56.4 Å². The fourth-order valence-electron chi connectivity index (χ4n) is 2.49. The number of hydrogen-bond acceptors (Lipinski definition) is 2. The summed E-state index contributed by atoms with van der Waals surface area (Å²) in [4.78, 5) is 0. The topological polar surface area (TPSA) is 25.2 Å². The molecule has 1 atom stereocenters. The smallest absolute Gasteiger partial charge is 0.134 e. The van der Waals surface area contributed by atoms with Crippen LogP contribution < -0.4 is 5.32 Å². The largest absolute Gasteiger partial charge is 0.459 e. The molecule has 2 nitrogen and oxygen atoms in total. The molecule has 0 saturated carbocycles. The molecule has 0 saturated heterocycles. The molecule has 1 aromatic heterocycles. The van der Waals surface area contributed by atoms with Gasteiger partial charge < -0.3 is 9.73 Å². The third-order valence-corrected chi connectivity index (χ3v) is 4.07. The first-order valence-corrected chi connectivity index (χ1v) is 6.99. The second-order valence-electron chi connectivity index (χ2n) is 4.89. The van der Waals surface area contributed by atoms with Gasteiger partial charge >= 0.3 is 0 Å². The highest BCUT2D eigenvalue weighted by Gasteiger charge is 2.19. The first-order valence-electron chi connectivity index (χ1n) is 6.61. The summed E-state index contributed by atoms with van der Waals surface area (Å²) >= 11 is 6.43. The molecular weight excluding hydrogens is 270 g/mol. The molecule has 0 aliphatic carbocycles. The monoisotopic (exact) mass is 285 g/mol. The SMILES string of the molecule is CNC(c1cc2ccccc2o1)c1cccc(C)c1Cl. The number of fused-ring (bicyclic) bond motifs is 1. The Hall–Kier alpha value is -1.77. The molecule has 0 radical (unpaired) electrons. The predicted molar refractivity (Wildman–Crippen MR) is 83.3 cm³/mol. The van der Waals surface area contributed by atoms with Crippen molar-refractivity contribution in [2.75, 3.05) is 7.05 Å². The maximum Gasteiger partial charge on any atom is 0.134 e. The summed E-state index contributed by atoms with van der Waals surface area (Å²) in [7, 11) is 1.91. The Morgan fingerprint density at radius 3 is 2.65 bits per heavy atom. The lowest BCUT2D eigenvalue weighted by Gasteiger charge is -2.16. The highest BCUT2D eigenvalue weighted by Crippen LogP contribution is 2.33. The molecule has 1 heterocycles. The second-order valence-corrected chi connectivity index (χ2v) is 5.26. The molecule has 1 unspecified atom stereocenters. The molecule has 3 aromatic rings. The Morgan fingerprint density at radius 1 is 1.10 bits per heavy atom. The van der Waals surface area contributed by atoms with Crippen LogP contribution in [0.25, 0.3) is 11.0 Å². The van der Waals surface area contributed by atoms with Crippen molar-refractivity contribution in [3.8, 4) is 0 Å². The van der Waals surface area contributed by atoms with Gasteiger partial charge in [0.15, 0.2) is 0 Å². The van der Waals surface area contributed by atoms with Crippen LogP contribution in [0.15, 0.2) is 52.9 Å². The summed E-state index contributed by atoms with van der Waals surface area (Å²) < 4.78 is 5.95. The fourth-order valence-corrected chi connectivity index (χ4v) is 2.72. The van der Waals surface area contributed by atoms with Crippen LogP contribution in [0.5, 0.6) is 0 Å². The maximum absolute atomic E-state index is 6.43. The highest BCUT2D eigenvalue weighted by molar-refractivity contribution is 6.32. The number of hydrogen-bond donors (Lipinski definition) is 1. The van der Waals surface area contributed by atoms with Crippen molar-refractivity contribution in [3.05, 3.63) is 70.4 Å². The Labute approximate surface area is 123 Å². The van der Waals surface area contributed by atoms with Gasteiger partial charge in [0.2, 0.25) is 0 Å². The second kappa shape index (κ2) is 5.31. The van der Waals surface area contributed by atoms with E-state index in [0.717, 1.165) is 32.9 Å². The summed E-state index contributed by atoms with van der Waals surface area (Å²) in [5.41, 5.74) is 3.00. The van der Waals surface area contributed by atoms with E-state index < -0.39 is 0 Å². The molecule has 3 rings (SSSR count). The van der Waals surface area contributed by atoms with Gasteiger partial charge in [-0.15, -0.1) is 0 Å². The number of aryl methyl sites for hydroxylation is 1. The Balaban J connectivity index is 2.11.